The standard InChI is InChI=1S/C17H11Cl2F3N2O/c1-8-3-4-14(9(2)5-8)25-16-15(17(20,21)22)23-12-6-10(18)11(19)7-13(12)24-16/h3-7H,1-2H3. The van der Waals surface area contributed by atoms with E-state index in [0.29, 0.717) is 5.56 Å². The van der Waals surface area contributed by atoms with Gasteiger partial charge in [-0.3, -0.25) is 0 Å². The van der Waals surface area contributed by atoms with Gasteiger partial charge in [0.15, 0.2) is 0 Å². The van der Waals surface area contributed by atoms with Crippen molar-refractivity contribution in [2.45, 2.75) is 20.0 Å². The summed E-state index contributed by atoms with van der Waals surface area (Å²) < 4.78 is 45.6. The molecule has 3 nitrogen and oxygen atoms in total. The highest BCUT2D eigenvalue weighted by Gasteiger charge is 2.38. The fourth-order valence-electron chi connectivity index (χ4n) is 2.31. The average molecular weight is 387 g/mol. The van der Waals surface area contributed by atoms with E-state index in [1.807, 2.05) is 6.92 Å². The SMILES string of the molecule is Cc1ccc(Oc2nc3cc(Cl)c(Cl)cc3nc2C(F)(F)F)c(C)c1. The zero-order chi connectivity index (χ0) is 18.4. The van der Waals surface area contributed by atoms with Crippen LogP contribution in [0.2, 0.25) is 10.0 Å². The number of hydrogen-bond acceptors (Lipinski definition) is 3. The molecular weight excluding hydrogens is 376 g/mol. The van der Waals surface area contributed by atoms with Gasteiger partial charge in [-0.05, 0) is 37.6 Å². The van der Waals surface area contributed by atoms with Gasteiger partial charge < -0.3 is 4.74 Å². The van der Waals surface area contributed by atoms with Crippen LogP contribution >= 0.6 is 23.2 Å². The van der Waals surface area contributed by atoms with E-state index in [-0.39, 0.29) is 26.8 Å². The lowest BCUT2D eigenvalue weighted by Crippen LogP contribution is -2.12. The van der Waals surface area contributed by atoms with Crippen molar-refractivity contribution in [2.75, 3.05) is 0 Å². The molecule has 0 saturated carbocycles. The summed E-state index contributed by atoms with van der Waals surface area (Å²) in [5.41, 5.74) is 0.561. The van der Waals surface area contributed by atoms with Crippen molar-refractivity contribution in [3.8, 4) is 11.6 Å². The van der Waals surface area contributed by atoms with E-state index in [1.165, 1.54) is 12.1 Å². The molecule has 0 amide bonds. The molecule has 3 rings (SSSR count). The molecule has 0 bridgehead atoms. The summed E-state index contributed by atoms with van der Waals surface area (Å²) in [5.74, 6) is -0.366. The van der Waals surface area contributed by atoms with Gasteiger partial charge in [0.1, 0.15) is 5.75 Å². The minimum Gasteiger partial charge on any atom is -0.437 e. The maximum atomic E-state index is 13.4. The highest BCUT2D eigenvalue weighted by Crippen LogP contribution is 2.38. The molecule has 0 unspecified atom stereocenters. The Bertz CT molecular complexity index is 974. The quantitative estimate of drug-likeness (QED) is 0.513. The van der Waals surface area contributed by atoms with Crippen LogP contribution in [0, 0.1) is 13.8 Å². The zero-order valence-corrected chi connectivity index (χ0v) is 14.6. The van der Waals surface area contributed by atoms with Gasteiger partial charge in [-0.2, -0.15) is 13.2 Å². The minimum absolute atomic E-state index is 0.0188. The lowest BCUT2D eigenvalue weighted by Gasteiger charge is -2.14. The fraction of sp³-hybridized carbons (Fsp3) is 0.176. The van der Waals surface area contributed by atoms with E-state index < -0.39 is 17.8 Å². The van der Waals surface area contributed by atoms with Crippen molar-refractivity contribution >= 4 is 34.2 Å². The first-order chi connectivity index (χ1) is 11.6. The Hall–Kier alpha value is -2.05. The number of fused-ring (bicyclic) bond motifs is 1. The molecule has 1 aromatic heterocycles. The number of aryl methyl sites for hydroxylation is 2. The smallest absolute Gasteiger partial charge is 0.437 e. The van der Waals surface area contributed by atoms with E-state index in [2.05, 4.69) is 9.97 Å². The summed E-state index contributed by atoms with van der Waals surface area (Å²) >= 11 is 11.8. The number of aromatic nitrogens is 2. The summed E-state index contributed by atoms with van der Waals surface area (Å²) in [6, 6.07) is 7.71. The summed E-state index contributed by atoms with van der Waals surface area (Å²) in [5, 5.41) is 0.264. The van der Waals surface area contributed by atoms with Crippen molar-refractivity contribution < 1.29 is 17.9 Å². The normalized spacial score (nSPS) is 11.8. The van der Waals surface area contributed by atoms with Crippen molar-refractivity contribution in [2.24, 2.45) is 0 Å². The van der Waals surface area contributed by atoms with Crippen LogP contribution in [-0.2, 0) is 6.18 Å². The highest BCUT2D eigenvalue weighted by atomic mass is 35.5. The molecule has 1 heterocycles. The number of nitrogens with zero attached hydrogens (tertiary/aromatic N) is 2. The summed E-state index contributed by atoms with van der Waals surface area (Å²) in [6.45, 7) is 3.61. The maximum Gasteiger partial charge on any atom is 0.438 e. The lowest BCUT2D eigenvalue weighted by molar-refractivity contribution is -0.142. The first kappa shape index (κ1) is 17.8. The van der Waals surface area contributed by atoms with E-state index in [9.17, 15) is 13.2 Å². The van der Waals surface area contributed by atoms with Gasteiger partial charge in [0, 0.05) is 0 Å². The van der Waals surface area contributed by atoms with Gasteiger partial charge in [-0.1, -0.05) is 40.9 Å². The zero-order valence-electron chi connectivity index (χ0n) is 13.1. The second kappa shape index (κ2) is 6.35. The fourth-order valence-corrected chi connectivity index (χ4v) is 2.63. The van der Waals surface area contributed by atoms with Gasteiger partial charge in [-0.25, -0.2) is 9.97 Å². The number of rotatable bonds is 2. The number of halogens is 5. The number of hydrogen-bond donors (Lipinski definition) is 0. The van der Waals surface area contributed by atoms with E-state index in [4.69, 9.17) is 27.9 Å². The Morgan fingerprint density at radius 3 is 2.08 bits per heavy atom. The van der Waals surface area contributed by atoms with Crippen LogP contribution in [0.5, 0.6) is 11.6 Å². The van der Waals surface area contributed by atoms with Crippen LogP contribution in [0.25, 0.3) is 11.0 Å². The largest absolute Gasteiger partial charge is 0.438 e. The Morgan fingerprint density at radius 2 is 1.52 bits per heavy atom. The minimum atomic E-state index is -4.73. The van der Waals surface area contributed by atoms with Crippen molar-refractivity contribution in [1.29, 1.82) is 0 Å². The monoisotopic (exact) mass is 386 g/mol. The molecule has 0 aliphatic carbocycles. The van der Waals surface area contributed by atoms with Gasteiger partial charge in [0.2, 0.25) is 5.69 Å². The Balaban J connectivity index is 2.19. The van der Waals surface area contributed by atoms with Crippen LogP contribution in [0.3, 0.4) is 0 Å². The van der Waals surface area contributed by atoms with Crippen LogP contribution in [0.1, 0.15) is 16.8 Å². The molecule has 0 radical (unpaired) electrons. The summed E-state index contributed by atoms with van der Waals surface area (Å²) in [7, 11) is 0. The lowest BCUT2D eigenvalue weighted by atomic mass is 10.1. The maximum absolute atomic E-state index is 13.4. The molecule has 0 fully saturated rings. The number of alkyl halides is 3. The molecule has 0 aliphatic rings. The Morgan fingerprint density at radius 1 is 0.920 bits per heavy atom. The van der Waals surface area contributed by atoms with Crippen LogP contribution in [-0.4, -0.2) is 9.97 Å². The topological polar surface area (TPSA) is 35.0 Å². The van der Waals surface area contributed by atoms with Crippen LogP contribution in [0.4, 0.5) is 13.2 Å². The number of ether oxygens (including phenoxy) is 1. The third kappa shape index (κ3) is 3.65. The van der Waals surface area contributed by atoms with Gasteiger partial charge in [0.05, 0.1) is 21.1 Å². The highest BCUT2D eigenvalue weighted by molar-refractivity contribution is 6.42. The molecule has 0 N–H and O–H groups in total. The van der Waals surface area contributed by atoms with E-state index in [1.54, 1.807) is 25.1 Å². The molecule has 3 aromatic rings. The van der Waals surface area contributed by atoms with E-state index >= 15 is 0 Å². The van der Waals surface area contributed by atoms with Gasteiger partial charge >= 0.3 is 6.18 Å². The van der Waals surface area contributed by atoms with Crippen molar-refractivity contribution in [3.63, 3.8) is 0 Å². The molecule has 0 atom stereocenters. The summed E-state index contributed by atoms with van der Waals surface area (Å²) in [4.78, 5) is 7.59. The molecule has 2 aromatic carbocycles. The van der Waals surface area contributed by atoms with Gasteiger partial charge in [0.25, 0.3) is 5.88 Å². The van der Waals surface area contributed by atoms with Crippen LogP contribution < -0.4 is 4.74 Å². The molecule has 0 spiro atoms. The second-order valence-electron chi connectivity index (χ2n) is 5.50. The van der Waals surface area contributed by atoms with E-state index in [0.717, 1.165) is 5.56 Å². The number of benzene rings is 2. The molecule has 0 aliphatic heterocycles. The predicted octanol–water partition coefficient (Wildman–Crippen LogP) is 6.36. The molecule has 0 saturated heterocycles. The van der Waals surface area contributed by atoms with Gasteiger partial charge in [-0.15, -0.1) is 0 Å². The first-order valence-electron chi connectivity index (χ1n) is 7.14. The van der Waals surface area contributed by atoms with Crippen molar-refractivity contribution in [1.82, 2.24) is 9.97 Å². The predicted molar refractivity (Wildman–Crippen MR) is 90.6 cm³/mol. The Labute approximate surface area is 151 Å². The third-order valence-electron chi connectivity index (χ3n) is 3.48. The molecule has 130 valence electrons. The molecule has 25 heavy (non-hydrogen) atoms. The third-order valence-corrected chi connectivity index (χ3v) is 4.20. The average Bonchev–Trinajstić information content (AvgIpc) is 2.50. The first-order valence-corrected chi connectivity index (χ1v) is 7.90. The second-order valence-corrected chi connectivity index (χ2v) is 6.32. The van der Waals surface area contributed by atoms with Crippen LogP contribution in [0.15, 0.2) is 30.3 Å². The molecule has 8 heteroatoms. The molecular formula is C17H11Cl2F3N2O. The Kier molecular flexibility index (Phi) is 4.51. The van der Waals surface area contributed by atoms with Crippen molar-refractivity contribution in [3.05, 3.63) is 57.2 Å². The summed E-state index contributed by atoms with van der Waals surface area (Å²) in [6.07, 6.45) is -4.73.